The summed E-state index contributed by atoms with van der Waals surface area (Å²) in [5, 5.41) is 3.16. The Labute approximate surface area is 115 Å². The lowest BCUT2D eigenvalue weighted by molar-refractivity contribution is 0.0820. The van der Waals surface area contributed by atoms with Gasteiger partial charge in [0.25, 0.3) is 5.91 Å². The fourth-order valence-electron chi connectivity index (χ4n) is 2.15. The Hall–Kier alpha value is -0.780. The number of amides is 1. The Morgan fingerprint density at radius 2 is 2.24 bits per heavy atom. The van der Waals surface area contributed by atoms with Gasteiger partial charge in [0, 0.05) is 20.4 Å². The lowest BCUT2D eigenvalue weighted by Gasteiger charge is -2.42. The Morgan fingerprint density at radius 1 is 1.53 bits per heavy atom. The largest absolute Gasteiger partial charge is 0.398 e. The minimum Gasteiger partial charge on any atom is -0.398 e. The number of nitrogens with two attached hydrogens (primary N) is 1. The fraction of sp³-hybridized carbons (Fsp3) is 0.462. The summed E-state index contributed by atoms with van der Waals surface area (Å²) >= 11 is 2.15. The van der Waals surface area contributed by atoms with E-state index < -0.39 is 0 Å². The monoisotopic (exact) mass is 344 g/mol. The van der Waals surface area contributed by atoms with Crippen molar-refractivity contribution in [3.63, 3.8) is 0 Å². The number of hydrogen-bond donors (Lipinski definition) is 2. The zero-order valence-electron chi connectivity index (χ0n) is 9.92. The van der Waals surface area contributed by atoms with Crippen molar-refractivity contribution in [1.82, 2.24) is 5.32 Å². The molecule has 4 heteroatoms. The first-order valence-corrected chi connectivity index (χ1v) is 7.02. The van der Waals surface area contributed by atoms with Crippen molar-refractivity contribution in [1.29, 1.82) is 0 Å². The molecule has 0 unspecified atom stereocenters. The molecule has 1 aliphatic rings. The fourth-order valence-corrected chi connectivity index (χ4v) is 2.67. The summed E-state index contributed by atoms with van der Waals surface area (Å²) in [6.45, 7) is 2.13. The highest BCUT2D eigenvalue weighted by Gasteiger charge is 2.36. The van der Waals surface area contributed by atoms with Gasteiger partial charge in [0.1, 0.15) is 0 Å². The first-order chi connectivity index (χ1) is 8.06. The van der Waals surface area contributed by atoms with Crippen LogP contribution in [0.4, 0.5) is 5.69 Å². The van der Waals surface area contributed by atoms with Gasteiger partial charge < -0.3 is 11.1 Å². The Morgan fingerprint density at radius 3 is 2.71 bits per heavy atom. The van der Waals surface area contributed by atoms with Crippen molar-refractivity contribution < 1.29 is 4.79 Å². The summed E-state index contributed by atoms with van der Waals surface area (Å²) in [7, 11) is 0. The van der Waals surface area contributed by atoms with Gasteiger partial charge in [0.05, 0.1) is 0 Å². The molecular weight excluding hydrogens is 327 g/mol. The smallest absolute Gasteiger partial charge is 0.251 e. The van der Waals surface area contributed by atoms with Crippen molar-refractivity contribution >= 4 is 34.2 Å². The van der Waals surface area contributed by atoms with E-state index in [2.05, 4.69) is 34.8 Å². The van der Waals surface area contributed by atoms with Crippen LogP contribution >= 0.6 is 22.6 Å². The average molecular weight is 344 g/mol. The van der Waals surface area contributed by atoms with E-state index in [-0.39, 0.29) is 11.4 Å². The van der Waals surface area contributed by atoms with Gasteiger partial charge in [-0.1, -0.05) is 6.92 Å². The molecule has 0 aliphatic heterocycles. The predicted molar refractivity (Wildman–Crippen MR) is 77.9 cm³/mol. The molecule has 0 heterocycles. The molecule has 0 bridgehead atoms. The summed E-state index contributed by atoms with van der Waals surface area (Å²) in [6, 6.07) is 5.41. The molecule has 0 atom stereocenters. The maximum absolute atomic E-state index is 12.1. The third-order valence-corrected chi connectivity index (χ3v) is 4.56. The molecule has 1 aromatic rings. The normalized spacial score (nSPS) is 17.3. The van der Waals surface area contributed by atoms with Crippen molar-refractivity contribution in [2.75, 3.05) is 5.73 Å². The summed E-state index contributed by atoms with van der Waals surface area (Å²) in [5.41, 5.74) is 7.20. The number of benzene rings is 1. The van der Waals surface area contributed by atoms with Crippen LogP contribution in [0.1, 0.15) is 43.0 Å². The molecule has 0 saturated heterocycles. The van der Waals surface area contributed by atoms with Crippen LogP contribution in [-0.4, -0.2) is 11.4 Å². The molecule has 1 saturated carbocycles. The predicted octanol–water partition coefficient (Wildman–Crippen LogP) is 2.94. The molecule has 2 rings (SSSR count). The molecular formula is C13H17IN2O. The first-order valence-electron chi connectivity index (χ1n) is 5.94. The number of nitrogen functional groups attached to an aromatic ring is 1. The van der Waals surface area contributed by atoms with Crippen LogP contribution in [0.15, 0.2) is 18.2 Å². The van der Waals surface area contributed by atoms with Crippen molar-refractivity contribution in [3.8, 4) is 0 Å². The van der Waals surface area contributed by atoms with Crippen molar-refractivity contribution in [2.45, 2.75) is 38.1 Å². The highest BCUT2D eigenvalue weighted by Crippen LogP contribution is 2.34. The maximum atomic E-state index is 12.1. The van der Waals surface area contributed by atoms with Crippen molar-refractivity contribution in [2.24, 2.45) is 0 Å². The summed E-state index contributed by atoms with van der Waals surface area (Å²) in [5.74, 6) is 0.0180. The minimum atomic E-state index is 0.0180. The number of anilines is 1. The summed E-state index contributed by atoms with van der Waals surface area (Å²) in [4.78, 5) is 12.1. The second-order valence-electron chi connectivity index (χ2n) is 4.68. The highest BCUT2D eigenvalue weighted by molar-refractivity contribution is 14.1. The van der Waals surface area contributed by atoms with Gasteiger partial charge in [0.2, 0.25) is 0 Å². The summed E-state index contributed by atoms with van der Waals surface area (Å²) < 4.78 is 0.925. The van der Waals surface area contributed by atoms with Crippen LogP contribution in [0.3, 0.4) is 0 Å². The van der Waals surface area contributed by atoms with Gasteiger partial charge in [0.15, 0.2) is 0 Å². The van der Waals surface area contributed by atoms with Gasteiger partial charge in [-0.3, -0.25) is 4.79 Å². The van der Waals surface area contributed by atoms with Crippen LogP contribution in [-0.2, 0) is 0 Å². The first kappa shape index (κ1) is 12.7. The van der Waals surface area contributed by atoms with Gasteiger partial charge >= 0.3 is 0 Å². The van der Waals surface area contributed by atoms with Gasteiger partial charge in [-0.05, 0) is 66.5 Å². The SMILES string of the molecule is CCC1(NC(=O)c2ccc(N)c(I)c2)CCC1. The second-order valence-corrected chi connectivity index (χ2v) is 5.84. The summed E-state index contributed by atoms with van der Waals surface area (Å²) in [6.07, 6.45) is 4.42. The Kier molecular flexibility index (Phi) is 3.61. The molecule has 92 valence electrons. The number of hydrogen-bond acceptors (Lipinski definition) is 2. The van der Waals surface area contributed by atoms with Crippen LogP contribution < -0.4 is 11.1 Å². The number of nitrogens with one attached hydrogen (secondary N) is 1. The molecule has 17 heavy (non-hydrogen) atoms. The third-order valence-electron chi connectivity index (χ3n) is 3.63. The van der Waals surface area contributed by atoms with Gasteiger partial charge in [-0.15, -0.1) is 0 Å². The van der Waals surface area contributed by atoms with E-state index in [1.54, 1.807) is 12.1 Å². The van der Waals surface area contributed by atoms with Crippen LogP contribution in [0, 0.1) is 3.57 Å². The van der Waals surface area contributed by atoms with Crippen LogP contribution in [0.25, 0.3) is 0 Å². The molecule has 1 aromatic carbocycles. The van der Waals surface area contributed by atoms with Crippen molar-refractivity contribution in [3.05, 3.63) is 27.3 Å². The minimum absolute atomic E-state index is 0.0180. The lowest BCUT2D eigenvalue weighted by Crippen LogP contribution is -2.52. The zero-order valence-corrected chi connectivity index (χ0v) is 12.1. The second kappa shape index (κ2) is 4.84. The maximum Gasteiger partial charge on any atom is 0.251 e. The molecule has 1 aliphatic carbocycles. The van der Waals surface area contributed by atoms with Gasteiger partial charge in [-0.2, -0.15) is 0 Å². The molecule has 0 radical (unpaired) electrons. The number of carbonyl (C=O) groups is 1. The third kappa shape index (κ3) is 2.56. The topological polar surface area (TPSA) is 55.1 Å². The molecule has 0 aromatic heterocycles. The number of halogens is 1. The average Bonchev–Trinajstić information content (AvgIpc) is 2.27. The lowest BCUT2D eigenvalue weighted by atomic mass is 9.74. The molecule has 1 amide bonds. The van der Waals surface area contributed by atoms with E-state index in [0.717, 1.165) is 28.5 Å². The standard InChI is InChI=1S/C13H17IN2O/c1-2-13(6-3-7-13)16-12(17)9-4-5-11(15)10(14)8-9/h4-5,8H,2-3,6-7,15H2,1H3,(H,16,17). The van der Waals surface area contributed by atoms with E-state index in [9.17, 15) is 4.79 Å². The molecule has 1 fully saturated rings. The van der Waals surface area contributed by atoms with E-state index in [4.69, 9.17) is 5.73 Å². The van der Waals surface area contributed by atoms with E-state index in [1.807, 2.05) is 6.07 Å². The molecule has 3 N–H and O–H groups in total. The van der Waals surface area contributed by atoms with E-state index in [0.29, 0.717) is 5.56 Å². The van der Waals surface area contributed by atoms with E-state index >= 15 is 0 Å². The van der Waals surface area contributed by atoms with E-state index in [1.165, 1.54) is 6.42 Å². The molecule has 3 nitrogen and oxygen atoms in total. The quantitative estimate of drug-likeness (QED) is 0.654. The molecule has 0 spiro atoms. The van der Waals surface area contributed by atoms with Crippen LogP contribution in [0.5, 0.6) is 0 Å². The number of rotatable bonds is 3. The highest BCUT2D eigenvalue weighted by atomic mass is 127. The Balaban J connectivity index is 2.11. The van der Waals surface area contributed by atoms with Gasteiger partial charge in [-0.25, -0.2) is 0 Å². The van der Waals surface area contributed by atoms with Crippen LogP contribution in [0.2, 0.25) is 0 Å². The number of carbonyl (C=O) groups excluding carboxylic acids is 1. The zero-order chi connectivity index (χ0) is 12.5. The Bertz CT molecular complexity index is 436.